The lowest BCUT2D eigenvalue weighted by molar-refractivity contribution is -0.198. The second-order valence-electron chi connectivity index (χ2n) is 9.89. The first kappa shape index (κ1) is 73.0. The molecule has 2 aromatic carbocycles. The van der Waals surface area contributed by atoms with E-state index in [4.69, 9.17) is 23.7 Å². The zero-order valence-electron chi connectivity index (χ0n) is 20.3. The largest absolute Gasteiger partial charge is 0.453 e. The van der Waals surface area contributed by atoms with E-state index in [1.165, 1.54) is 17.2 Å². The van der Waals surface area contributed by atoms with Gasteiger partial charge in [-0.05, 0) is 42.7 Å². The van der Waals surface area contributed by atoms with Crippen LogP contribution in [-0.4, -0.2) is 61.3 Å². The Labute approximate surface area is 315 Å². The van der Waals surface area contributed by atoms with Crippen LogP contribution in [0.25, 0.3) is 0 Å². The van der Waals surface area contributed by atoms with Gasteiger partial charge in [-0.1, -0.05) is 171 Å². The Morgan fingerprint density at radius 3 is 1.46 bits per heavy atom. The summed E-state index contributed by atoms with van der Waals surface area (Å²) in [5.41, 5.74) is 2.51. The summed E-state index contributed by atoms with van der Waals surface area (Å²) in [5, 5.41) is 10.1. The van der Waals surface area contributed by atoms with Crippen LogP contribution in [0.15, 0.2) is 73.3 Å². The van der Waals surface area contributed by atoms with E-state index in [2.05, 4.69) is 30.8 Å². The monoisotopic (exact) mass is 719 g/mol. The number of rotatable bonds is 6. The fourth-order valence-electron chi connectivity index (χ4n) is 5.50. The minimum atomic E-state index is -0.487. The molecule has 304 valence electrons. The summed E-state index contributed by atoms with van der Waals surface area (Å²) in [7, 11) is 0. The van der Waals surface area contributed by atoms with Crippen molar-refractivity contribution in [3.05, 3.63) is 84.4 Å². The SMILES string of the molecule is C.C.C.C.C.C.C.C.C.C.C.C.C.C.C=CC(=O)O[C@H]1[C@H](Cc2ccccc2)C[C@H]2CO[C@@H]1O2.O[C@H]1[C@H](Cc2ccccc2)C[C@H]2CO[C@@H]1O2. The molecule has 7 nitrogen and oxygen atoms in total. The van der Waals surface area contributed by atoms with Crippen molar-refractivity contribution >= 4 is 5.97 Å². The van der Waals surface area contributed by atoms with Gasteiger partial charge in [-0.2, -0.15) is 0 Å². The van der Waals surface area contributed by atoms with E-state index in [1.54, 1.807) is 0 Å². The number of benzene rings is 2. The van der Waals surface area contributed by atoms with Gasteiger partial charge in [0.05, 0.1) is 25.4 Å². The van der Waals surface area contributed by atoms with Crippen LogP contribution in [0.4, 0.5) is 0 Å². The molecule has 6 rings (SSSR count). The van der Waals surface area contributed by atoms with Crippen LogP contribution in [0.1, 0.15) is 128 Å². The first-order chi connectivity index (χ1) is 17.6. The molecule has 0 amide bonds. The van der Waals surface area contributed by atoms with Crippen LogP contribution in [0.3, 0.4) is 0 Å². The van der Waals surface area contributed by atoms with Crippen LogP contribution >= 0.6 is 0 Å². The maximum atomic E-state index is 11.5. The lowest BCUT2D eigenvalue weighted by Crippen LogP contribution is -2.44. The third-order valence-electron chi connectivity index (χ3n) is 7.27. The summed E-state index contributed by atoms with van der Waals surface area (Å²) in [5.74, 6) is 0.0480. The number of esters is 1. The predicted octanol–water partition coefficient (Wildman–Crippen LogP) is 12.3. The molecule has 0 unspecified atom stereocenters. The normalized spacial score (nSPS) is 24.7. The maximum Gasteiger partial charge on any atom is 0.330 e. The fraction of sp³-hybridized carbons (Fsp3) is 0.651. The van der Waals surface area contributed by atoms with E-state index < -0.39 is 24.7 Å². The van der Waals surface area contributed by atoms with Crippen molar-refractivity contribution < 1.29 is 33.6 Å². The molecular weight excluding hydrogens is 628 g/mol. The molecule has 4 aliphatic heterocycles. The molecule has 50 heavy (non-hydrogen) atoms. The number of hydrogen-bond donors (Lipinski definition) is 1. The van der Waals surface area contributed by atoms with E-state index in [9.17, 15) is 9.90 Å². The first-order valence-electron chi connectivity index (χ1n) is 12.7. The van der Waals surface area contributed by atoms with Gasteiger partial charge in [0.15, 0.2) is 18.7 Å². The third kappa shape index (κ3) is 18.6. The van der Waals surface area contributed by atoms with Gasteiger partial charge >= 0.3 is 5.97 Å². The molecular formula is C43H90O7. The van der Waals surface area contributed by atoms with Crippen LogP contribution < -0.4 is 0 Å². The molecule has 0 spiro atoms. The summed E-state index contributed by atoms with van der Waals surface area (Å²) in [6.45, 7) is 4.65. The summed E-state index contributed by atoms with van der Waals surface area (Å²) in [6.07, 6.45) is 3.30. The van der Waals surface area contributed by atoms with E-state index in [1.807, 2.05) is 36.4 Å². The van der Waals surface area contributed by atoms with Gasteiger partial charge in [0.1, 0.15) is 6.10 Å². The number of ether oxygens (including phenoxy) is 5. The number of aliphatic hydroxyl groups excluding tert-OH is 1. The molecule has 2 aromatic rings. The fourth-order valence-corrected chi connectivity index (χ4v) is 5.50. The van der Waals surface area contributed by atoms with Gasteiger partial charge in [0.2, 0.25) is 0 Å². The van der Waals surface area contributed by atoms with Crippen LogP contribution in [0.2, 0.25) is 0 Å². The average molecular weight is 719 g/mol. The van der Waals surface area contributed by atoms with Crippen molar-refractivity contribution in [2.24, 2.45) is 11.8 Å². The van der Waals surface area contributed by atoms with Crippen molar-refractivity contribution in [3.8, 4) is 0 Å². The molecule has 0 aromatic heterocycles. The van der Waals surface area contributed by atoms with Gasteiger partial charge < -0.3 is 28.8 Å². The number of fused-ring (bicyclic) bond motifs is 4. The molecule has 4 bridgehead atoms. The molecule has 8 atom stereocenters. The summed E-state index contributed by atoms with van der Waals surface area (Å²) in [4.78, 5) is 11.5. The predicted molar refractivity (Wildman–Crippen MR) is 226 cm³/mol. The van der Waals surface area contributed by atoms with E-state index >= 15 is 0 Å². The van der Waals surface area contributed by atoms with E-state index in [0.717, 1.165) is 25.7 Å². The zero-order valence-corrected chi connectivity index (χ0v) is 20.3. The van der Waals surface area contributed by atoms with Crippen molar-refractivity contribution in [2.75, 3.05) is 13.2 Å². The summed E-state index contributed by atoms with van der Waals surface area (Å²) >= 11 is 0. The zero-order chi connectivity index (χ0) is 24.9. The molecule has 4 aliphatic rings. The number of hydrogen-bond acceptors (Lipinski definition) is 7. The minimum Gasteiger partial charge on any atom is -0.453 e. The lowest BCUT2D eigenvalue weighted by Gasteiger charge is -2.34. The standard InChI is InChI=1S/C16H18O4.C13H16O3.14CH4/c1-2-14(17)20-15-12(8-11-6-4-3-5-7-11)9-13-10-18-16(15)19-13;14-12-10(6-9-4-2-1-3-5-9)7-11-8-15-13(12)16-11;;;;;;;;;;;;;;/h2-7,12-13,15-16H,1,8-10H2;1-5,10-14H,6-8H2;14*1H4/t12-,13+,15+,16-;10-,11+,12+,13-;;;;;;;;;;;;;;/m11............../s1. The third-order valence-corrected chi connectivity index (χ3v) is 7.27. The Kier molecular flexibility index (Phi) is 50.9. The Morgan fingerprint density at radius 2 is 1.02 bits per heavy atom. The molecule has 4 fully saturated rings. The Balaban J connectivity index is -0.0000000631. The van der Waals surface area contributed by atoms with Crippen LogP contribution in [0.5, 0.6) is 0 Å². The van der Waals surface area contributed by atoms with Gasteiger partial charge in [0, 0.05) is 12.0 Å². The van der Waals surface area contributed by atoms with Gasteiger partial charge in [-0.25, -0.2) is 4.79 Å². The molecule has 0 radical (unpaired) electrons. The highest BCUT2D eigenvalue weighted by Crippen LogP contribution is 2.36. The van der Waals surface area contributed by atoms with E-state index in [0.29, 0.717) is 13.2 Å². The molecule has 4 saturated heterocycles. The van der Waals surface area contributed by atoms with Crippen molar-refractivity contribution in [1.29, 1.82) is 0 Å². The topological polar surface area (TPSA) is 83.5 Å². The second-order valence-corrected chi connectivity index (χ2v) is 9.89. The van der Waals surface area contributed by atoms with Crippen LogP contribution in [-0.2, 0) is 41.3 Å². The van der Waals surface area contributed by atoms with Gasteiger partial charge in [0.25, 0.3) is 0 Å². The Hall–Kier alpha value is -2.55. The second kappa shape index (κ2) is 34.9. The Morgan fingerprint density at radius 1 is 0.640 bits per heavy atom. The maximum absolute atomic E-state index is 11.5. The highest BCUT2D eigenvalue weighted by Gasteiger charge is 2.46. The lowest BCUT2D eigenvalue weighted by atomic mass is 9.87. The van der Waals surface area contributed by atoms with Crippen molar-refractivity contribution in [2.45, 2.75) is 167 Å². The van der Waals surface area contributed by atoms with Crippen LogP contribution in [0, 0.1) is 11.8 Å². The quantitative estimate of drug-likeness (QED) is 0.235. The minimum absolute atomic E-state index is 0. The number of carbonyl (C=O) groups is 1. The first-order valence-corrected chi connectivity index (χ1v) is 12.7. The molecule has 4 heterocycles. The average Bonchev–Trinajstić information content (AvgIpc) is 3.51. The highest BCUT2D eigenvalue weighted by atomic mass is 16.7. The smallest absolute Gasteiger partial charge is 0.330 e. The number of aliphatic hydroxyl groups is 1. The van der Waals surface area contributed by atoms with Gasteiger partial charge in [-0.3, -0.25) is 0 Å². The Bertz CT molecular complexity index is 1000. The van der Waals surface area contributed by atoms with Crippen molar-refractivity contribution in [1.82, 2.24) is 0 Å². The molecule has 7 heteroatoms. The van der Waals surface area contributed by atoms with E-state index in [-0.39, 0.29) is 134 Å². The molecule has 0 aliphatic carbocycles. The number of carbonyl (C=O) groups excluding carboxylic acids is 1. The summed E-state index contributed by atoms with van der Waals surface area (Å²) < 4.78 is 27.6. The molecule has 1 N–H and O–H groups in total. The summed E-state index contributed by atoms with van der Waals surface area (Å²) in [6, 6.07) is 20.5. The van der Waals surface area contributed by atoms with Crippen molar-refractivity contribution in [3.63, 3.8) is 0 Å². The highest BCUT2D eigenvalue weighted by molar-refractivity contribution is 5.81. The molecule has 0 saturated carbocycles. The van der Waals surface area contributed by atoms with Gasteiger partial charge in [-0.15, -0.1) is 0 Å².